The minimum absolute atomic E-state index is 0.110. The van der Waals surface area contributed by atoms with Gasteiger partial charge in [0, 0.05) is 43.4 Å². The number of amides is 1. The number of carbonyl (C=O) groups is 1. The lowest BCUT2D eigenvalue weighted by atomic mass is 10.2. The maximum absolute atomic E-state index is 13.6. The average Bonchev–Trinajstić information content (AvgIpc) is 3.12. The Morgan fingerprint density at radius 1 is 1.33 bits per heavy atom. The molecule has 2 heterocycles. The van der Waals surface area contributed by atoms with Crippen LogP contribution >= 0.6 is 11.3 Å². The van der Waals surface area contributed by atoms with Crippen molar-refractivity contribution in [1.82, 2.24) is 9.88 Å². The molecule has 2 aromatic rings. The van der Waals surface area contributed by atoms with Crippen LogP contribution in [0.2, 0.25) is 0 Å². The number of carbonyl (C=O) groups excluding carboxylic acids is 1. The van der Waals surface area contributed by atoms with Crippen molar-refractivity contribution in [2.75, 3.05) is 36.4 Å². The minimum Gasteiger partial charge on any atom is -0.346 e. The van der Waals surface area contributed by atoms with E-state index in [0.29, 0.717) is 11.3 Å². The Labute approximate surface area is 145 Å². The zero-order valence-corrected chi connectivity index (χ0v) is 14.6. The molecule has 3 rings (SSSR count). The molecule has 1 aliphatic rings. The van der Waals surface area contributed by atoms with Crippen LogP contribution in [-0.2, 0) is 4.79 Å². The number of thiazole rings is 1. The molecule has 1 fully saturated rings. The predicted molar refractivity (Wildman–Crippen MR) is 95.1 cm³/mol. The third kappa shape index (κ3) is 3.73. The highest BCUT2D eigenvalue weighted by Crippen LogP contribution is 2.20. The normalized spacial score (nSPS) is 16.9. The van der Waals surface area contributed by atoms with Gasteiger partial charge in [0.2, 0.25) is 5.91 Å². The van der Waals surface area contributed by atoms with Gasteiger partial charge in [-0.3, -0.25) is 9.69 Å². The first-order valence-corrected chi connectivity index (χ1v) is 8.88. The summed E-state index contributed by atoms with van der Waals surface area (Å²) in [5, 5.41) is 5.80. The third-order valence-electron chi connectivity index (χ3n) is 4.37. The summed E-state index contributed by atoms with van der Waals surface area (Å²) in [5.41, 5.74) is 1.07. The zero-order valence-electron chi connectivity index (χ0n) is 13.8. The van der Waals surface area contributed by atoms with Crippen LogP contribution in [0.15, 0.2) is 29.8 Å². The molecule has 1 saturated heterocycles. The monoisotopic (exact) mass is 348 g/mol. The fraction of sp³-hybridized carbons (Fsp3) is 0.412. The van der Waals surface area contributed by atoms with Crippen LogP contribution < -0.4 is 10.2 Å². The molecule has 5 nitrogen and oxygen atoms in total. The van der Waals surface area contributed by atoms with Crippen LogP contribution in [0.1, 0.15) is 12.5 Å². The Kier molecular flexibility index (Phi) is 5.11. The van der Waals surface area contributed by atoms with Gasteiger partial charge in [-0.1, -0.05) is 6.07 Å². The van der Waals surface area contributed by atoms with E-state index in [-0.39, 0.29) is 17.8 Å². The molecule has 0 radical (unpaired) electrons. The smallest absolute Gasteiger partial charge is 0.241 e. The van der Waals surface area contributed by atoms with E-state index in [1.54, 1.807) is 30.4 Å². The Morgan fingerprint density at radius 3 is 2.71 bits per heavy atom. The topological polar surface area (TPSA) is 48.5 Å². The van der Waals surface area contributed by atoms with E-state index in [4.69, 9.17) is 0 Å². The second-order valence-electron chi connectivity index (χ2n) is 5.97. The summed E-state index contributed by atoms with van der Waals surface area (Å²) >= 11 is 1.63. The Hall–Kier alpha value is -1.99. The largest absolute Gasteiger partial charge is 0.346 e. The highest BCUT2D eigenvalue weighted by Gasteiger charge is 2.26. The van der Waals surface area contributed by atoms with Gasteiger partial charge in [-0.2, -0.15) is 0 Å². The summed E-state index contributed by atoms with van der Waals surface area (Å²) in [6.45, 7) is 6.89. The van der Waals surface area contributed by atoms with Gasteiger partial charge in [0.05, 0.1) is 6.04 Å². The second kappa shape index (κ2) is 7.27. The number of hydrogen-bond donors (Lipinski definition) is 1. The quantitative estimate of drug-likeness (QED) is 0.923. The van der Waals surface area contributed by atoms with E-state index in [1.165, 1.54) is 6.07 Å². The minimum atomic E-state index is -0.308. The number of benzene rings is 1. The van der Waals surface area contributed by atoms with Crippen molar-refractivity contribution < 1.29 is 9.18 Å². The van der Waals surface area contributed by atoms with Gasteiger partial charge >= 0.3 is 0 Å². The van der Waals surface area contributed by atoms with Crippen LogP contribution in [0.25, 0.3) is 0 Å². The lowest BCUT2D eigenvalue weighted by Gasteiger charge is -2.37. The molecular weight excluding hydrogens is 327 g/mol. The maximum atomic E-state index is 13.6. The Morgan fingerprint density at radius 2 is 2.08 bits per heavy atom. The van der Waals surface area contributed by atoms with Gasteiger partial charge in [-0.15, -0.1) is 11.3 Å². The zero-order chi connectivity index (χ0) is 17.1. The number of anilines is 2. The molecule has 1 atom stereocenters. The van der Waals surface area contributed by atoms with Gasteiger partial charge in [-0.25, -0.2) is 9.37 Å². The van der Waals surface area contributed by atoms with Gasteiger partial charge in [-0.05, 0) is 31.5 Å². The van der Waals surface area contributed by atoms with Crippen molar-refractivity contribution in [3.8, 4) is 0 Å². The SMILES string of the molecule is Cc1ccc(NC(=O)[C@H](C)N2CCN(c3nccs3)CC2)cc1F. The number of nitrogens with zero attached hydrogens (tertiary/aromatic N) is 3. The van der Waals surface area contributed by atoms with E-state index < -0.39 is 0 Å². The van der Waals surface area contributed by atoms with Crippen molar-refractivity contribution in [3.05, 3.63) is 41.2 Å². The van der Waals surface area contributed by atoms with Crippen molar-refractivity contribution in [3.63, 3.8) is 0 Å². The van der Waals surface area contributed by atoms with Crippen molar-refractivity contribution in [2.45, 2.75) is 19.9 Å². The van der Waals surface area contributed by atoms with Crippen molar-refractivity contribution in [1.29, 1.82) is 0 Å². The summed E-state index contributed by atoms with van der Waals surface area (Å²) in [6.07, 6.45) is 1.81. The van der Waals surface area contributed by atoms with E-state index in [0.717, 1.165) is 31.3 Å². The van der Waals surface area contributed by atoms with Crippen molar-refractivity contribution >= 4 is 28.1 Å². The van der Waals surface area contributed by atoms with E-state index in [2.05, 4.69) is 20.1 Å². The molecule has 1 aromatic heterocycles. The molecule has 1 amide bonds. The fourth-order valence-electron chi connectivity index (χ4n) is 2.76. The van der Waals surface area contributed by atoms with Crippen LogP contribution in [-0.4, -0.2) is 48.0 Å². The Balaban J connectivity index is 1.55. The van der Waals surface area contributed by atoms with Crippen LogP contribution in [0.3, 0.4) is 0 Å². The summed E-state index contributed by atoms with van der Waals surface area (Å²) in [4.78, 5) is 21.1. The molecule has 128 valence electrons. The summed E-state index contributed by atoms with van der Waals surface area (Å²) in [5.74, 6) is -0.418. The number of halogens is 1. The molecule has 0 aliphatic carbocycles. The van der Waals surface area contributed by atoms with Crippen LogP contribution in [0, 0.1) is 12.7 Å². The van der Waals surface area contributed by atoms with E-state index in [9.17, 15) is 9.18 Å². The molecule has 24 heavy (non-hydrogen) atoms. The molecule has 0 bridgehead atoms. The van der Waals surface area contributed by atoms with Crippen LogP contribution in [0.5, 0.6) is 0 Å². The van der Waals surface area contributed by atoms with Crippen LogP contribution in [0.4, 0.5) is 15.2 Å². The number of aryl methyl sites for hydroxylation is 1. The molecule has 0 saturated carbocycles. The maximum Gasteiger partial charge on any atom is 0.241 e. The number of rotatable bonds is 4. The molecule has 0 unspecified atom stereocenters. The molecule has 7 heteroatoms. The van der Waals surface area contributed by atoms with Gasteiger partial charge < -0.3 is 10.2 Å². The number of hydrogen-bond acceptors (Lipinski definition) is 5. The van der Waals surface area contributed by atoms with E-state index in [1.807, 2.05) is 18.5 Å². The molecule has 0 spiro atoms. The first-order chi connectivity index (χ1) is 11.5. The Bertz CT molecular complexity index is 699. The summed E-state index contributed by atoms with van der Waals surface area (Å²) < 4.78 is 13.6. The lowest BCUT2D eigenvalue weighted by molar-refractivity contribution is -0.120. The number of nitrogens with one attached hydrogen (secondary N) is 1. The summed E-state index contributed by atoms with van der Waals surface area (Å²) in [6, 6.07) is 4.50. The fourth-order valence-corrected chi connectivity index (χ4v) is 3.45. The third-order valence-corrected chi connectivity index (χ3v) is 5.20. The number of piperazine rings is 1. The first-order valence-electron chi connectivity index (χ1n) is 8.00. The van der Waals surface area contributed by atoms with Gasteiger partial charge in [0.25, 0.3) is 0 Å². The lowest BCUT2D eigenvalue weighted by Crippen LogP contribution is -2.52. The molecule has 1 aromatic carbocycles. The van der Waals surface area contributed by atoms with E-state index >= 15 is 0 Å². The molecule has 1 N–H and O–H groups in total. The highest BCUT2D eigenvalue weighted by molar-refractivity contribution is 7.13. The molecular formula is C17H21FN4OS. The second-order valence-corrected chi connectivity index (χ2v) is 6.84. The average molecular weight is 348 g/mol. The molecule has 1 aliphatic heterocycles. The van der Waals surface area contributed by atoms with Gasteiger partial charge in [0.15, 0.2) is 5.13 Å². The first kappa shape index (κ1) is 16.9. The highest BCUT2D eigenvalue weighted by atomic mass is 32.1. The van der Waals surface area contributed by atoms with Gasteiger partial charge in [0.1, 0.15) is 5.82 Å². The number of aromatic nitrogens is 1. The van der Waals surface area contributed by atoms with Crippen molar-refractivity contribution in [2.24, 2.45) is 0 Å². The predicted octanol–water partition coefficient (Wildman–Crippen LogP) is 2.74. The standard InChI is InChI=1S/C17H21FN4OS/c1-12-3-4-14(11-15(12)18)20-16(23)13(2)21-6-8-22(9-7-21)17-19-5-10-24-17/h3-5,10-11,13H,6-9H2,1-2H3,(H,20,23)/t13-/m0/s1. The summed E-state index contributed by atoms with van der Waals surface area (Å²) in [7, 11) is 0.